The Morgan fingerprint density at radius 1 is 1.16 bits per heavy atom. The molecule has 1 saturated heterocycles. The maximum absolute atomic E-state index is 11.9. The van der Waals surface area contributed by atoms with Crippen LogP contribution in [-0.2, 0) is 4.74 Å². The number of ether oxygens (including phenoxy) is 1. The molecule has 1 amide bonds. The Balaban J connectivity index is 1.71. The van der Waals surface area contributed by atoms with Gasteiger partial charge in [0.15, 0.2) is 0 Å². The Morgan fingerprint density at radius 2 is 1.74 bits per heavy atom. The molecule has 1 aliphatic carbocycles. The highest BCUT2D eigenvalue weighted by molar-refractivity contribution is 5.68. The molecule has 108 valence electrons. The fourth-order valence-electron chi connectivity index (χ4n) is 2.64. The van der Waals surface area contributed by atoms with Crippen LogP contribution in [0.4, 0.5) is 4.79 Å². The maximum atomic E-state index is 11.9. The van der Waals surface area contributed by atoms with E-state index in [2.05, 4.69) is 17.5 Å². The molecule has 1 aliphatic heterocycles. The first-order chi connectivity index (χ1) is 8.94. The zero-order valence-electron chi connectivity index (χ0n) is 12.3. The van der Waals surface area contributed by atoms with Crippen LogP contribution < -0.4 is 5.32 Å². The van der Waals surface area contributed by atoms with Crippen molar-refractivity contribution in [3.8, 4) is 0 Å². The van der Waals surface area contributed by atoms with Gasteiger partial charge in [-0.1, -0.05) is 12.2 Å². The standard InChI is InChI=1S/C15H26N2O2/c1-15(2,3)19-14(18)17-10-8-13(9-11-17)16-12-6-4-5-7-12/h4-5,12-13,16H,6-11H2,1-3H3. The molecule has 0 aromatic heterocycles. The summed E-state index contributed by atoms with van der Waals surface area (Å²) in [6.45, 7) is 7.32. The van der Waals surface area contributed by atoms with Crippen LogP contribution in [0.5, 0.6) is 0 Å². The van der Waals surface area contributed by atoms with Gasteiger partial charge in [-0.05, 0) is 46.5 Å². The number of amides is 1. The quantitative estimate of drug-likeness (QED) is 0.781. The van der Waals surface area contributed by atoms with E-state index in [0.29, 0.717) is 12.1 Å². The third kappa shape index (κ3) is 4.53. The Kier molecular flexibility index (Phi) is 4.50. The molecule has 0 unspecified atom stereocenters. The summed E-state index contributed by atoms with van der Waals surface area (Å²) in [5.74, 6) is 0. The molecular weight excluding hydrogens is 240 g/mol. The molecule has 0 spiro atoms. The fraction of sp³-hybridized carbons (Fsp3) is 0.800. The summed E-state index contributed by atoms with van der Waals surface area (Å²) in [6.07, 6.45) is 8.65. The number of likely N-dealkylation sites (tertiary alicyclic amines) is 1. The molecule has 0 bridgehead atoms. The van der Waals surface area contributed by atoms with E-state index in [0.717, 1.165) is 38.8 Å². The van der Waals surface area contributed by atoms with Crippen molar-refractivity contribution in [1.82, 2.24) is 10.2 Å². The van der Waals surface area contributed by atoms with Crippen LogP contribution in [0.15, 0.2) is 12.2 Å². The van der Waals surface area contributed by atoms with E-state index in [9.17, 15) is 4.79 Å². The first kappa shape index (κ1) is 14.4. The molecule has 19 heavy (non-hydrogen) atoms. The number of hydrogen-bond donors (Lipinski definition) is 1. The van der Waals surface area contributed by atoms with Gasteiger partial charge in [-0.3, -0.25) is 0 Å². The van der Waals surface area contributed by atoms with Crippen molar-refractivity contribution < 1.29 is 9.53 Å². The largest absolute Gasteiger partial charge is 0.444 e. The van der Waals surface area contributed by atoms with Gasteiger partial charge < -0.3 is 15.0 Å². The Hall–Kier alpha value is -1.03. The van der Waals surface area contributed by atoms with Gasteiger partial charge in [-0.25, -0.2) is 4.79 Å². The zero-order chi connectivity index (χ0) is 13.9. The number of piperidine rings is 1. The van der Waals surface area contributed by atoms with E-state index in [1.165, 1.54) is 0 Å². The molecule has 2 rings (SSSR count). The van der Waals surface area contributed by atoms with Crippen LogP contribution in [0.3, 0.4) is 0 Å². The summed E-state index contributed by atoms with van der Waals surface area (Å²) in [7, 11) is 0. The summed E-state index contributed by atoms with van der Waals surface area (Å²) >= 11 is 0. The van der Waals surface area contributed by atoms with Gasteiger partial charge in [0.1, 0.15) is 5.60 Å². The van der Waals surface area contributed by atoms with Gasteiger partial charge in [-0.2, -0.15) is 0 Å². The predicted molar refractivity (Wildman–Crippen MR) is 76.1 cm³/mol. The molecular formula is C15H26N2O2. The lowest BCUT2D eigenvalue weighted by Gasteiger charge is -2.34. The van der Waals surface area contributed by atoms with Crippen LogP contribution in [-0.4, -0.2) is 41.8 Å². The molecule has 0 aromatic carbocycles. The normalized spacial score (nSPS) is 21.9. The minimum Gasteiger partial charge on any atom is -0.444 e. The molecule has 0 radical (unpaired) electrons. The predicted octanol–water partition coefficient (Wildman–Crippen LogP) is 2.69. The van der Waals surface area contributed by atoms with E-state index < -0.39 is 5.60 Å². The van der Waals surface area contributed by atoms with Crippen molar-refractivity contribution >= 4 is 6.09 Å². The fourth-order valence-corrected chi connectivity index (χ4v) is 2.64. The second-order valence-electron chi connectivity index (χ2n) is 6.55. The lowest BCUT2D eigenvalue weighted by molar-refractivity contribution is 0.0196. The topological polar surface area (TPSA) is 41.6 Å². The highest BCUT2D eigenvalue weighted by Gasteiger charge is 2.27. The molecule has 0 atom stereocenters. The molecule has 0 aromatic rings. The van der Waals surface area contributed by atoms with Crippen molar-refractivity contribution in [1.29, 1.82) is 0 Å². The van der Waals surface area contributed by atoms with Gasteiger partial charge in [0.25, 0.3) is 0 Å². The third-order valence-electron chi connectivity index (χ3n) is 3.63. The average molecular weight is 266 g/mol. The number of nitrogens with zero attached hydrogens (tertiary/aromatic N) is 1. The number of carbonyl (C=O) groups excluding carboxylic acids is 1. The number of hydrogen-bond acceptors (Lipinski definition) is 3. The van der Waals surface area contributed by atoms with Crippen LogP contribution in [0.25, 0.3) is 0 Å². The van der Waals surface area contributed by atoms with Crippen molar-refractivity contribution in [3.63, 3.8) is 0 Å². The van der Waals surface area contributed by atoms with Crippen molar-refractivity contribution in [2.24, 2.45) is 0 Å². The van der Waals surface area contributed by atoms with Crippen molar-refractivity contribution in [3.05, 3.63) is 12.2 Å². The maximum Gasteiger partial charge on any atom is 0.410 e. The molecule has 2 aliphatic rings. The van der Waals surface area contributed by atoms with Gasteiger partial charge in [-0.15, -0.1) is 0 Å². The third-order valence-corrected chi connectivity index (χ3v) is 3.63. The van der Waals surface area contributed by atoms with Crippen LogP contribution in [0.1, 0.15) is 46.5 Å². The highest BCUT2D eigenvalue weighted by Crippen LogP contribution is 2.18. The minimum atomic E-state index is -0.401. The Morgan fingerprint density at radius 3 is 2.26 bits per heavy atom. The molecule has 1 fully saturated rings. The SMILES string of the molecule is CC(C)(C)OC(=O)N1CCC(NC2CC=CC2)CC1. The first-order valence-corrected chi connectivity index (χ1v) is 7.33. The summed E-state index contributed by atoms with van der Waals surface area (Å²) in [5, 5.41) is 3.68. The Bertz CT molecular complexity index is 331. The molecule has 0 saturated carbocycles. The van der Waals surface area contributed by atoms with Crippen LogP contribution in [0.2, 0.25) is 0 Å². The van der Waals surface area contributed by atoms with Crippen LogP contribution in [0, 0.1) is 0 Å². The van der Waals surface area contributed by atoms with Gasteiger partial charge in [0, 0.05) is 25.2 Å². The highest BCUT2D eigenvalue weighted by atomic mass is 16.6. The van der Waals surface area contributed by atoms with E-state index in [1.807, 2.05) is 25.7 Å². The summed E-state index contributed by atoms with van der Waals surface area (Å²) in [6, 6.07) is 1.15. The number of nitrogens with one attached hydrogen (secondary N) is 1. The van der Waals surface area contributed by atoms with Crippen LogP contribution >= 0.6 is 0 Å². The van der Waals surface area contributed by atoms with Gasteiger partial charge >= 0.3 is 6.09 Å². The molecule has 4 heteroatoms. The van der Waals surface area contributed by atoms with E-state index >= 15 is 0 Å². The minimum absolute atomic E-state index is 0.173. The van der Waals surface area contributed by atoms with E-state index in [1.54, 1.807) is 0 Å². The first-order valence-electron chi connectivity index (χ1n) is 7.33. The zero-order valence-corrected chi connectivity index (χ0v) is 12.3. The Labute approximate surface area is 116 Å². The van der Waals surface area contributed by atoms with Crippen molar-refractivity contribution in [2.45, 2.75) is 64.1 Å². The monoisotopic (exact) mass is 266 g/mol. The second-order valence-corrected chi connectivity index (χ2v) is 6.55. The average Bonchev–Trinajstić information content (AvgIpc) is 2.80. The summed E-state index contributed by atoms with van der Waals surface area (Å²) < 4.78 is 5.40. The smallest absolute Gasteiger partial charge is 0.410 e. The summed E-state index contributed by atoms with van der Waals surface area (Å²) in [4.78, 5) is 13.8. The molecule has 4 nitrogen and oxygen atoms in total. The lowest BCUT2D eigenvalue weighted by atomic mass is 10.0. The number of carbonyl (C=O) groups is 1. The molecule has 1 N–H and O–H groups in total. The van der Waals surface area contributed by atoms with E-state index in [-0.39, 0.29) is 6.09 Å². The number of rotatable bonds is 2. The van der Waals surface area contributed by atoms with E-state index in [4.69, 9.17) is 4.74 Å². The second kappa shape index (κ2) is 5.95. The van der Waals surface area contributed by atoms with Gasteiger partial charge in [0.2, 0.25) is 0 Å². The van der Waals surface area contributed by atoms with Crippen molar-refractivity contribution in [2.75, 3.05) is 13.1 Å². The van der Waals surface area contributed by atoms with Gasteiger partial charge in [0.05, 0.1) is 0 Å². The lowest BCUT2D eigenvalue weighted by Crippen LogP contribution is -2.48. The molecule has 1 heterocycles. The summed E-state index contributed by atoms with van der Waals surface area (Å²) in [5.41, 5.74) is -0.401.